The Morgan fingerprint density at radius 3 is 2.50 bits per heavy atom. The molecular formula is C22H26N2O4. The second-order valence-corrected chi connectivity index (χ2v) is 6.92. The molecule has 1 unspecified atom stereocenters. The number of hydrogen-bond donors (Lipinski definition) is 1. The number of likely N-dealkylation sites (tertiary alicyclic amines) is 1. The summed E-state index contributed by atoms with van der Waals surface area (Å²) in [6.45, 7) is 3.31. The third-order valence-electron chi connectivity index (χ3n) is 5.01. The highest BCUT2D eigenvalue weighted by Gasteiger charge is 2.20. The van der Waals surface area contributed by atoms with Crippen LogP contribution in [0.15, 0.2) is 42.5 Å². The quantitative estimate of drug-likeness (QED) is 0.798. The van der Waals surface area contributed by atoms with E-state index in [1.54, 1.807) is 26.4 Å². The summed E-state index contributed by atoms with van der Waals surface area (Å²) in [4.78, 5) is 26.2. The zero-order valence-electron chi connectivity index (χ0n) is 16.5. The van der Waals surface area contributed by atoms with Crippen molar-refractivity contribution < 1.29 is 19.1 Å². The summed E-state index contributed by atoms with van der Waals surface area (Å²) < 4.78 is 10.7. The first kappa shape index (κ1) is 19.7. The molecule has 0 radical (unpaired) electrons. The summed E-state index contributed by atoms with van der Waals surface area (Å²) in [5, 5.41) is 3.00. The fraction of sp³-hybridized carbons (Fsp3) is 0.364. The first-order valence-electron chi connectivity index (χ1n) is 9.41. The second-order valence-electron chi connectivity index (χ2n) is 6.92. The number of nitrogens with zero attached hydrogens (tertiary/aromatic N) is 1. The second kappa shape index (κ2) is 8.78. The molecule has 1 fully saturated rings. The Labute approximate surface area is 165 Å². The van der Waals surface area contributed by atoms with Gasteiger partial charge in [0.15, 0.2) is 0 Å². The van der Waals surface area contributed by atoms with E-state index < -0.39 is 0 Å². The number of carbonyl (C=O) groups excluding carboxylic acids is 2. The number of hydrogen-bond acceptors (Lipinski definition) is 4. The van der Waals surface area contributed by atoms with Crippen LogP contribution in [0.1, 0.15) is 47.3 Å². The molecule has 148 valence electrons. The molecule has 0 aliphatic carbocycles. The van der Waals surface area contributed by atoms with E-state index in [0.717, 1.165) is 24.1 Å². The van der Waals surface area contributed by atoms with Gasteiger partial charge in [0.2, 0.25) is 5.91 Å². The van der Waals surface area contributed by atoms with Crippen molar-refractivity contribution in [2.75, 3.05) is 20.8 Å². The first-order valence-corrected chi connectivity index (χ1v) is 9.41. The summed E-state index contributed by atoms with van der Waals surface area (Å²) >= 11 is 0. The largest absolute Gasteiger partial charge is 0.497 e. The average Bonchev–Trinajstić information content (AvgIpc) is 3.12. The van der Waals surface area contributed by atoms with E-state index >= 15 is 0 Å². The molecule has 0 aromatic heterocycles. The maximum absolute atomic E-state index is 12.6. The third kappa shape index (κ3) is 4.44. The zero-order chi connectivity index (χ0) is 20.1. The van der Waals surface area contributed by atoms with E-state index in [-0.39, 0.29) is 17.9 Å². The smallest absolute Gasteiger partial charge is 0.251 e. The predicted octanol–water partition coefficient (Wildman–Crippen LogP) is 3.32. The molecule has 3 rings (SSSR count). The number of nitrogens with one attached hydrogen (secondary N) is 1. The number of methoxy groups -OCH3 is 2. The molecule has 0 saturated carbocycles. The van der Waals surface area contributed by atoms with Crippen molar-refractivity contribution in [1.29, 1.82) is 0 Å². The number of rotatable bonds is 7. The maximum atomic E-state index is 12.6. The van der Waals surface area contributed by atoms with Crippen LogP contribution in [0, 0.1) is 0 Å². The Morgan fingerprint density at radius 2 is 1.89 bits per heavy atom. The van der Waals surface area contributed by atoms with Gasteiger partial charge in [-0.3, -0.25) is 9.59 Å². The molecule has 1 N–H and O–H groups in total. The van der Waals surface area contributed by atoms with Gasteiger partial charge in [0, 0.05) is 30.6 Å². The van der Waals surface area contributed by atoms with Crippen LogP contribution in [0.2, 0.25) is 0 Å². The summed E-state index contributed by atoms with van der Waals surface area (Å²) in [5.74, 6) is 1.43. The van der Waals surface area contributed by atoms with Crippen LogP contribution in [0.3, 0.4) is 0 Å². The summed E-state index contributed by atoms with van der Waals surface area (Å²) in [6.07, 6.45) is 1.55. The first-order chi connectivity index (χ1) is 13.5. The lowest BCUT2D eigenvalue weighted by Gasteiger charge is -2.19. The van der Waals surface area contributed by atoms with Gasteiger partial charge >= 0.3 is 0 Å². The Hall–Kier alpha value is -3.02. The van der Waals surface area contributed by atoms with Crippen LogP contribution in [-0.2, 0) is 11.3 Å². The molecule has 6 nitrogen and oxygen atoms in total. The van der Waals surface area contributed by atoms with Gasteiger partial charge in [-0.25, -0.2) is 0 Å². The minimum absolute atomic E-state index is 0.166. The maximum Gasteiger partial charge on any atom is 0.251 e. The van der Waals surface area contributed by atoms with Gasteiger partial charge in [-0.05, 0) is 49.2 Å². The van der Waals surface area contributed by atoms with Crippen molar-refractivity contribution in [2.45, 2.75) is 32.4 Å². The minimum atomic E-state index is -0.251. The number of ether oxygens (including phenoxy) is 2. The molecule has 0 bridgehead atoms. The van der Waals surface area contributed by atoms with E-state index in [1.807, 2.05) is 42.2 Å². The highest BCUT2D eigenvalue weighted by atomic mass is 16.5. The van der Waals surface area contributed by atoms with E-state index in [2.05, 4.69) is 5.32 Å². The fourth-order valence-corrected chi connectivity index (χ4v) is 3.39. The minimum Gasteiger partial charge on any atom is -0.497 e. The van der Waals surface area contributed by atoms with Crippen LogP contribution in [0.25, 0.3) is 0 Å². The number of carbonyl (C=O) groups is 2. The van der Waals surface area contributed by atoms with E-state index in [1.165, 1.54) is 0 Å². The van der Waals surface area contributed by atoms with E-state index in [4.69, 9.17) is 9.47 Å². The Bertz CT molecular complexity index is 848. The molecule has 1 heterocycles. The summed E-state index contributed by atoms with van der Waals surface area (Å²) in [7, 11) is 3.20. The lowest BCUT2D eigenvalue weighted by molar-refractivity contribution is -0.128. The Kier molecular flexibility index (Phi) is 6.19. The van der Waals surface area contributed by atoms with Crippen LogP contribution in [0.4, 0.5) is 0 Å². The molecule has 2 amide bonds. The highest BCUT2D eigenvalue weighted by Crippen LogP contribution is 2.29. The molecule has 1 saturated heterocycles. The predicted molar refractivity (Wildman–Crippen MR) is 107 cm³/mol. The molecule has 1 atom stereocenters. The average molecular weight is 382 g/mol. The van der Waals surface area contributed by atoms with Gasteiger partial charge in [0.25, 0.3) is 5.91 Å². The van der Waals surface area contributed by atoms with Crippen molar-refractivity contribution in [1.82, 2.24) is 10.2 Å². The van der Waals surface area contributed by atoms with Gasteiger partial charge in [0.05, 0.1) is 20.3 Å². The molecule has 28 heavy (non-hydrogen) atoms. The van der Waals surface area contributed by atoms with Crippen LogP contribution in [-0.4, -0.2) is 37.5 Å². The molecule has 2 aromatic carbocycles. The van der Waals surface area contributed by atoms with E-state index in [9.17, 15) is 9.59 Å². The fourth-order valence-electron chi connectivity index (χ4n) is 3.39. The van der Waals surface area contributed by atoms with Crippen molar-refractivity contribution >= 4 is 11.8 Å². The topological polar surface area (TPSA) is 67.9 Å². The molecule has 1 aliphatic rings. The Balaban J connectivity index is 1.66. The summed E-state index contributed by atoms with van der Waals surface area (Å²) in [6, 6.07) is 12.6. The van der Waals surface area contributed by atoms with Crippen LogP contribution >= 0.6 is 0 Å². The van der Waals surface area contributed by atoms with Gasteiger partial charge in [0.1, 0.15) is 11.5 Å². The monoisotopic (exact) mass is 382 g/mol. The molecule has 2 aromatic rings. The number of amides is 2. The van der Waals surface area contributed by atoms with Crippen LogP contribution < -0.4 is 14.8 Å². The van der Waals surface area contributed by atoms with E-state index in [0.29, 0.717) is 30.0 Å². The van der Waals surface area contributed by atoms with Crippen molar-refractivity contribution in [3.8, 4) is 11.5 Å². The molecular weight excluding hydrogens is 356 g/mol. The SMILES string of the molecule is COc1ccc(OC)c(C(C)NC(=O)c2ccc(CN3CCCC3=O)cc2)c1. The van der Waals surface area contributed by atoms with Crippen molar-refractivity contribution in [3.05, 3.63) is 59.2 Å². The zero-order valence-corrected chi connectivity index (χ0v) is 16.5. The van der Waals surface area contributed by atoms with Crippen LogP contribution in [0.5, 0.6) is 11.5 Å². The van der Waals surface area contributed by atoms with Gasteiger partial charge < -0.3 is 19.7 Å². The van der Waals surface area contributed by atoms with Gasteiger partial charge in [-0.1, -0.05) is 12.1 Å². The van der Waals surface area contributed by atoms with Gasteiger partial charge in [-0.2, -0.15) is 0 Å². The molecule has 1 aliphatic heterocycles. The molecule has 6 heteroatoms. The number of benzene rings is 2. The third-order valence-corrected chi connectivity index (χ3v) is 5.01. The van der Waals surface area contributed by atoms with Crippen molar-refractivity contribution in [3.63, 3.8) is 0 Å². The highest BCUT2D eigenvalue weighted by molar-refractivity contribution is 5.94. The lowest BCUT2D eigenvalue weighted by atomic mass is 10.1. The van der Waals surface area contributed by atoms with Crippen molar-refractivity contribution in [2.24, 2.45) is 0 Å². The normalized spacial score (nSPS) is 14.7. The lowest BCUT2D eigenvalue weighted by Crippen LogP contribution is -2.27. The van der Waals surface area contributed by atoms with Gasteiger partial charge in [-0.15, -0.1) is 0 Å². The molecule has 0 spiro atoms. The Morgan fingerprint density at radius 1 is 1.14 bits per heavy atom. The standard InChI is InChI=1S/C22H26N2O4/c1-15(19-13-18(27-2)10-11-20(19)28-3)23-22(26)17-8-6-16(7-9-17)14-24-12-4-5-21(24)25/h6-11,13,15H,4-5,12,14H2,1-3H3,(H,23,26). The summed E-state index contributed by atoms with van der Waals surface area (Å²) in [5.41, 5.74) is 2.44.